The van der Waals surface area contributed by atoms with Gasteiger partial charge in [0.2, 0.25) is 5.91 Å². The highest BCUT2D eigenvalue weighted by atomic mass is 19.1. The number of carbonyl (C=O) groups is 1. The number of hydrogen-bond donors (Lipinski definition) is 2. The Morgan fingerprint density at radius 3 is 2.56 bits per heavy atom. The summed E-state index contributed by atoms with van der Waals surface area (Å²) in [7, 11) is 0. The fourth-order valence-electron chi connectivity index (χ4n) is 3.14. The van der Waals surface area contributed by atoms with E-state index in [0.29, 0.717) is 22.3 Å². The molecule has 0 saturated heterocycles. The molecule has 1 fully saturated rings. The zero-order chi connectivity index (χ0) is 19.2. The van der Waals surface area contributed by atoms with E-state index in [9.17, 15) is 9.18 Å². The number of halogens is 2. The third kappa shape index (κ3) is 3.01. The van der Waals surface area contributed by atoms with Crippen molar-refractivity contribution in [3.63, 3.8) is 0 Å². The van der Waals surface area contributed by atoms with Crippen LogP contribution in [0.4, 0.5) is 14.5 Å². The summed E-state index contributed by atoms with van der Waals surface area (Å²) in [5, 5.41) is 9.33. The summed E-state index contributed by atoms with van der Waals surface area (Å²) in [4.78, 5) is 12.6. The zero-order valence-electron chi connectivity index (χ0n) is 15.1. The minimum absolute atomic E-state index is 0.0166. The number of nitrogens with zero attached hydrogens (tertiary/aromatic N) is 1. The largest absolute Gasteiger partial charge is 0.323 e. The van der Waals surface area contributed by atoms with Gasteiger partial charge in [0.15, 0.2) is 5.82 Å². The van der Waals surface area contributed by atoms with Gasteiger partial charge in [-0.3, -0.25) is 9.89 Å². The van der Waals surface area contributed by atoms with E-state index < -0.39 is 17.0 Å². The van der Waals surface area contributed by atoms with Gasteiger partial charge in [-0.05, 0) is 43.0 Å². The van der Waals surface area contributed by atoms with E-state index in [2.05, 4.69) is 15.5 Å². The van der Waals surface area contributed by atoms with Crippen LogP contribution in [-0.4, -0.2) is 16.1 Å². The molecule has 1 aliphatic rings. The number of nitrogens with one attached hydrogen (secondary N) is 2. The molecule has 4 rings (SSSR count). The Bertz CT molecular complexity index is 1020. The van der Waals surface area contributed by atoms with Gasteiger partial charge in [0.25, 0.3) is 0 Å². The van der Waals surface area contributed by atoms with Crippen LogP contribution < -0.4 is 5.32 Å². The van der Waals surface area contributed by atoms with Crippen molar-refractivity contribution in [2.24, 2.45) is 5.41 Å². The highest BCUT2D eigenvalue weighted by Crippen LogP contribution is 2.47. The highest BCUT2D eigenvalue weighted by Gasteiger charge is 2.45. The molecule has 0 atom stereocenters. The summed E-state index contributed by atoms with van der Waals surface area (Å²) in [6, 6.07) is 7.85. The first-order chi connectivity index (χ1) is 12.9. The third-order valence-electron chi connectivity index (χ3n) is 5.27. The van der Waals surface area contributed by atoms with Gasteiger partial charge in [0, 0.05) is 28.3 Å². The molecule has 0 unspecified atom stereocenters. The zero-order valence-corrected chi connectivity index (χ0v) is 15.1. The second-order valence-corrected chi connectivity index (χ2v) is 7.27. The maximum Gasteiger partial charge on any atom is 0.230 e. The number of amides is 1. The monoisotopic (exact) mass is 367 g/mol. The first-order valence-electron chi connectivity index (χ1n) is 8.79. The molecule has 4 nitrogen and oxygen atoms in total. The number of hydrogen-bond acceptors (Lipinski definition) is 2. The maximum absolute atomic E-state index is 15.3. The molecule has 0 radical (unpaired) electrons. The Hall–Kier alpha value is -3.02. The third-order valence-corrected chi connectivity index (χ3v) is 5.27. The van der Waals surface area contributed by atoms with Gasteiger partial charge >= 0.3 is 0 Å². The Kier molecular flexibility index (Phi) is 4.06. The van der Waals surface area contributed by atoms with Crippen LogP contribution in [0, 0.1) is 24.0 Å². The molecule has 0 aliphatic heterocycles. The minimum atomic E-state index is -0.565. The standard InChI is InChI=1S/C21H19F2N3O/c1-12-15(13-10-24-25-11-13)9-16(14-5-3-4-6-17(14)22)19(18(12)23)26-20(27)21(2)7-8-21/h3-6,9-11H,7-8H2,1-2H3,(H,24,25)(H,26,27). The smallest absolute Gasteiger partial charge is 0.230 e. The molecule has 2 aromatic carbocycles. The molecule has 1 amide bonds. The number of aromatic nitrogens is 2. The van der Waals surface area contributed by atoms with E-state index in [1.807, 2.05) is 6.92 Å². The van der Waals surface area contributed by atoms with Crippen molar-refractivity contribution in [1.82, 2.24) is 10.2 Å². The summed E-state index contributed by atoms with van der Waals surface area (Å²) >= 11 is 0. The average Bonchev–Trinajstić information content (AvgIpc) is 3.18. The molecule has 1 aromatic heterocycles. The van der Waals surface area contributed by atoms with E-state index in [1.165, 1.54) is 6.07 Å². The molecule has 1 heterocycles. The molecule has 3 aromatic rings. The highest BCUT2D eigenvalue weighted by molar-refractivity contribution is 6.01. The summed E-state index contributed by atoms with van der Waals surface area (Å²) in [5.74, 6) is -1.29. The minimum Gasteiger partial charge on any atom is -0.323 e. The van der Waals surface area contributed by atoms with Gasteiger partial charge in [-0.1, -0.05) is 25.1 Å². The van der Waals surface area contributed by atoms with E-state index in [-0.39, 0.29) is 17.2 Å². The van der Waals surface area contributed by atoms with Crippen LogP contribution in [0.25, 0.3) is 22.3 Å². The van der Waals surface area contributed by atoms with E-state index in [4.69, 9.17) is 0 Å². The lowest BCUT2D eigenvalue weighted by Crippen LogP contribution is -2.22. The molecule has 27 heavy (non-hydrogen) atoms. The van der Waals surface area contributed by atoms with Crippen LogP contribution in [0.15, 0.2) is 42.7 Å². The van der Waals surface area contributed by atoms with Gasteiger partial charge < -0.3 is 5.32 Å². The average molecular weight is 367 g/mol. The number of carbonyl (C=O) groups excluding carboxylic acids is 1. The van der Waals surface area contributed by atoms with Crippen LogP contribution in [0.2, 0.25) is 0 Å². The second kappa shape index (κ2) is 6.30. The van der Waals surface area contributed by atoms with Crippen LogP contribution in [0.3, 0.4) is 0 Å². The van der Waals surface area contributed by atoms with Gasteiger partial charge in [-0.2, -0.15) is 5.10 Å². The SMILES string of the molecule is Cc1c(-c2cn[nH]c2)cc(-c2ccccc2F)c(NC(=O)C2(C)CC2)c1F. The molecule has 0 bridgehead atoms. The lowest BCUT2D eigenvalue weighted by Gasteiger charge is -2.19. The Morgan fingerprint density at radius 1 is 1.19 bits per heavy atom. The predicted molar refractivity (Wildman–Crippen MR) is 100 cm³/mol. The van der Waals surface area contributed by atoms with Gasteiger partial charge in [-0.15, -0.1) is 0 Å². The van der Waals surface area contributed by atoms with E-state index in [0.717, 1.165) is 12.8 Å². The molecule has 1 saturated carbocycles. The number of benzene rings is 2. The Balaban J connectivity index is 1.92. The van der Waals surface area contributed by atoms with Crippen LogP contribution in [0.5, 0.6) is 0 Å². The quantitative estimate of drug-likeness (QED) is 0.676. The number of aromatic amines is 1. The van der Waals surface area contributed by atoms with Crippen LogP contribution in [-0.2, 0) is 4.79 Å². The first-order valence-corrected chi connectivity index (χ1v) is 8.79. The Labute approximate surface area is 155 Å². The lowest BCUT2D eigenvalue weighted by molar-refractivity contribution is -0.120. The molecule has 138 valence electrons. The predicted octanol–water partition coefficient (Wildman–Crippen LogP) is 5.07. The number of anilines is 1. The second-order valence-electron chi connectivity index (χ2n) is 7.27. The van der Waals surface area contributed by atoms with Crippen LogP contribution >= 0.6 is 0 Å². The molecular formula is C21H19F2N3O. The van der Waals surface area contributed by atoms with Gasteiger partial charge in [-0.25, -0.2) is 8.78 Å². The summed E-state index contributed by atoms with van der Waals surface area (Å²) in [6.45, 7) is 3.48. The summed E-state index contributed by atoms with van der Waals surface area (Å²) < 4.78 is 29.8. The lowest BCUT2D eigenvalue weighted by atomic mass is 9.93. The Morgan fingerprint density at radius 2 is 1.93 bits per heavy atom. The van der Waals surface area contributed by atoms with E-state index >= 15 is 4.39 Å². The summed E-state index contributed by atoms with van der Waals surface area (Å²) in [5.41, 5.74) is 1.74. The molecule has 2 N–H and O–H groups in total. The topological polar surface area (TPSA) is 57.8 Å². The normalized spacial score (nSPS) is 14.8. The van der Waals surface area contributed by atoms with Crippen molar-refractivity contribution in [3.8, 4) is 22.3 Å². The van der Waals surface area contributed by atoms with Crippen molar-refractivity contribution in [3.05, 3.63) is 59.9 Å². The van der Waals surface area contributed by atoms with Gasteiger partial charge in [0.05, 0.1) is 11.9 Å². The van der Waals surface area contributed by atoms with Crippen molar-refractivity contribution in [2.75, 3.05) is 5.32 Å². The maximum atomic E-state index is 15.3. The van der Waals surface area contributed by atoms with E-state index in [1.54, 1.807) is 43.6 Å². The number of rotatable bonds is 4. The van der Waals surface area contributed by atoms with Crippen molar-refractivity contribution >= 4 is 11.6 Å². The van der Waals surface area contributed by atoms with Crippen molar-refractivity contribution < 1.29 is 13.6 Å². The molecule has 1 aliphatic carbocycles. The van der Waals surface area contributed by atoms with Gasteiger partial charge in [0.1, 0.15) is 5.82 Å². The molecule has 0 spiro atoms. The van der Waals surface area contributed by atoms with Crippen molar-refractivity contribution in [2.45, 2.75) is 26.7 Å². The molecule has 6 heteroatoms. The fraction of sp³-hybridized carbons (Fsp3) is 0.238. The van der Waals surface area contributed by atoms with Crippen LogP contribution in [0.1, 0.15) is 25.3 Å². The summed E-state index contributed by atoms with van der Waals surface area (Å²) in [6.07, 6.45) is 4.76. The number of H-pyrrole nitrogens is 1. The fourth-order valence-corrected chi connectivity index (χ4v) is 3.14. The van der Waals surface area contributed by atoms with Crippen molar-refractivity contribution in [1.29, 1.82) is 0 Å². The molecular weight excluding hydrogens is 348 g/mol. The first kappa shape index (κ1) is 17.4.